The summed E-state index contributed by atoms with van der Waals surface area (Å²) in [4.78, 5) is 23.6. The van der Waals surface area contributed by atoms with Crippen molar-refractivity contribution in [1.29, 1.82) is 0 Å². The number of esters is 1. The molecule has 0 heterocycles. The number of hydrogen-bond acceptors (Lipinski definition) is 3. The van der Waals surface area contributed by atoms with Gasteiger partial charge in [0.05, 0.1) is 12.1 Å². The summed E-state index contributed by atoms with van der Waals surface area (Å²) in [6, 6.07) is 1.58. The normalized spacial score (nSPS) is 17.8. The number of benzene rings is 1. The molecule has 1 aliphatic rings. The van der Waals surface area contributed by atoms with Crippen LogP contribution in [-0.4, -0.2) is 18.0 Å². The second-order valence-corrected chi connectivity index (χ2v) is 5.31. The highest BCUT2D eigenvalue weighted by Gasteiger charge is 2.23. The van der Waals surface area contributed by atoms with E-state index in [9.17, 15) is 22.8 Å². The van der Waals surface area contributed by atoms with Crippen LogP contribution >= 0.6 is 0 Å². The van der Waals surface area contributed by atoms with Gasteiger partial charge in [-0.1, -0.05) is 12.2 Å². The zero-order valence-corrected chi connectivity index (χ0v) is 12.4. The van der Waals surface area contributed by atoms with Gasteiger partial charge in [0.1, 0.15) is 0 Å². The summed E-state index contributed by atoms with van der Waals surface area (Å²) in [7, 11) is 0. The largest absolute Gasteiger partial charge is 0.453 e. The van der Waals surface area contributed by atoms with E-state index in [0.29, 0.717) is 6.07 Å². The van der Waals surface area contributed by atoms with Crippen molar-refractivity contribution in [3.63, 3.8) is 0 Å². The molecular weight excluding hydrogens is 311 g/mol. The Kier molecular flexibility index (Phi) is 5.41. The van der Waals surface area contributed by atoms with Gasteiger partial charge in [0.25, 0.3) is 5.91 Å². The molecule has 4 nitrogen and oxygen atoms in total. The van der Waals surface area contributed by atoms with E-state index in [1.54, 1.807) is 0 Å². The highest BCUT2D eigenvalue weighted by atomic mass is 19.2. The molecule has 124 valence electrons. The molecule has 0 saturated heterocycles. The van der Waals surface area contributed by atoms with Crippen LogP contribution in [0.25, 0.3) is 0 Å². The topological polar surface area (TPSA) is 55.4 Å². The van der Waals surface area contributed by atoms with E-state index < -0.39 is 41.1 Å². The van der Waals surface area contributed by atoms with E-state index in [4.69, 9.17) is 4.74 Å². The van der Waals surface area contributed by atoms with Gasteiger partial charge >= 0.3 is 5.97 Å². The third-order valence-corrected chi connectivity index (χ3v) is 3.51. The van der Waals surface area contributed by atoms with Crippen LogP contribution in [0.2, 0.25) is 0 Å². The highest BCUT2D eigenvalue weighted by Crippen LogP contribution is 2.22. The molecule has 0 aromatic heterocycles. The molecule has 1 amide bonds. The van der Waals surface area contributed by atoms with Gasteiger partial charge in [-0.05, 0) is 37.8 Å². The summed E-state index contributed by atoms with van der Waals surface area (Å²) in [5, 5.41) is 2.07. The van der Waals surface area contributed by atoms with E-state index in [-0.39, 0.29) is 12.3 Å². The first-order chi connectivity index (χ1) is 10.9. The maximum absolute atomic E-state index is 13.5. The van der Waals surface area contributed by atoms with Gasteiger partial charge < -0.3 is 10.1 Å². The molecule has 23 heavy (non-hydrogen) atoms. The van der Waals surface area contributed by atoms with Crippen molar-refractivity contribution in [3.05, 3.63) is 41.7 Å². The average Bonchev–Trinajstić information content (AvgIpc) is 3.00. The lowest BCUT2D eigenvalue weighted by atomic mass is 10.1. The Morgan fingerprint density at radius 3 is 2.70 bits per heavy atom. The molecule has 0 spiro atoms. The fourth-order valence-electron chi connectivity index (χ4n) is 2.23. The lowest BCUT2D eigenvalue weighted by Crippen LogP contribution is -2.30. The molecule has 0 aliphatic heterocycles. The van der Waals surface area contributed by atoms with Crippen LogP contribution in [0.4, 0.5) is 18.9 Å². The van der Waals surface area contributed by atoms with Gasteiger partial charge in [-0.3, -0.25) is 9.59 Å². The van der Waals surface area contributed by atoms with Crippen molar-refractivity contribution in [3.8, 4) is 0 Å². The van der Waals surface area contributed by atoms with E-state index in [1.165, 1.54) is 6.92 Å². The van der Waals surface area contributed by atoms with Crippen LogP contribution in [-0.2, 0) is 14.3 Å². The zero-order valence-electron chi connectivity index (χ0n) is 12.4. The molecule has 1 aromatic rings. The van der Waals surface area contributed by atoms with Gasteiger partial charge in [0.15, 0.2) is 23.6 Å². The van der Waals surface area contributed by atoms with E-state index in [1.807, 2.05) is 12.2 Å². The average molecular weight is 327 g/mol. The Morgan fingerprint density at radius 2 is 2.04 bits per heavy atom. The third kappa shape index (κ3) is 4.34. The molecule has 1 aromatic carbocycles. The van der Waals surface area contributed by atoms with Crippen molar-refractivity contribution in [2.24, 2.45) is 5.92 Å². The summed E-state index contributed by atoms with van der Waals surface area (Å²) in [6.07, 6.45) is 4.63. The molecule has 0 radical (unpaired) electrons. The highest BCUT2D eigenvalue weighted by molar-refractivity contribution is 5.95. The van der Waals surface area contributed by atoms with Gasteiger partial charge in [-0.15, -0.1) is 0 Å². The van der Waals surface area contributed by atoms with Gasteiger partial charge in [-0.2, -0.15) is 0 Å². The number of anilines is 1. The zero-order chi connectivity index (χ0) is 17.0. The number of amides is 1. The van der Waals surface area contributed by atoms with E-state index in [0.717, 1.165) is 18.9 Å². The first-order valence-electron chi connectivity index (χ1n) is 7.19. The van der Waals surface area contributed by atoms with Crippen molar-refractivity contribution >= 4 is 17.6 Å². The van der Waals surface area contributed by atoms with Crippen molar-refractivity contribution in [2.45, 2.75) is 32.3 Å². The standard InChI is InChI=1S/C16H16F3NO3/c1-9(23-13(21)8-10-4-2-3-5-10)16(22)20-12-7-6-11(17)14(18)15(12)19/h2,4,6-7,9-10H,3,5,8H2,1H3,(H,20,22)/t9-,10+/m0/s1. The molecule has 0 saturated carbocycles. The molecule has 1 N–H and O–H groups in total. The van der Waals surface area contributed by atoms with Crippen molar-refractivity contribution in [2.75, 3.05) is 5.32 Å². The molecular formula is C16H16F3NO3. The van der Waals surface area contributed by atoms with Crippen LogP contribution in [0.1, 0.15) is 26.2 Å². The number of halogens is 3. The summed E-state index contributed by atoms with van der Waals surface area (Å²) in [5.41, 5.74) is -0.518. The van der Waals surface area contributed by atoms with Gasteiger partial charge in [0.2, 0.25) is 0 Å². The second-order valence-electron chi connectivity index (χ2n) is 5.31. The lowest BCUT2D eigenvalue weighted by molar-refractivity contribution is -0.153. The van der Waals surface area contributed by atoms with Crippen LogP contribution in [0.3, 0.4) is 0 Å². The van der Waals surface area contributed by atoms with E-state index in [2.05, 4.69) is 5.32 Å². The number of allylic oxidation sites excluding steroid dienone is 2. The minimum absolute atomic E-state index is 0.0985. The summed E-state index contributed by atoms with van der Waals surface area (Å²) < 4.78 is 44.3. The van der Waals surface area contributed by atoms with Gasteiger partial charge in [-0.25, -0.2) is 13.2 Å². The van der Waals surface area contributed by atoms with Gasteiger partial charge in [0, 0.05) is 0 Å². The molecule has 1 aliphatic carbocycles. The Hall–Kier alpha value is -2.31. The number of carbonyl (C=O) groups excluding carboxylic acids is 2. The molecule has 0 unspecified atom stereocenters. The maximum atomic E-state index is 13.5. The van der Waals surface area contributed by atoms with Crippen molar-refractivity contribution < 1.29 is 27.5 Å². The first-order valence-corrected chi connectivity index (χ1v) is 7.19. The quantitative estimate of drug-likeness (QED) is 0.513. The van der Waals surface area contributed by atoms with Crippen LogP contribution in [0, 0.1) is 23.4 Å². The first kappa shape index (κ1) is 17.1. The van der Waals surface area contributed by atoms with Crippen molar-refractivity contribution in [1.82, 2.24) is 0 Å². The summed E-state index contributed by atoms with van der Waals surface area (Å²) >= 11 is 0. The number of carbonyl (C=O) groups is 2. The Balaban J connectivity index is 1.91. The predicted octanol–water partition coefficient (Wildman–Crippen LogP) is 3.33. The van der Waals surface area contributed by atoms with Crippen LogP contribution < -0.4 is 5.32 Å². The molecule has 0 bridgehead atoms. The smallest absolute Gasteiger partial charge is 0.307 e. The summed E-state index contributed by atoms with van der Waals surface area (Å²) in [5.74, 6) is -5.82. The lowest BCUT2D eigenvalue weighted by Gasteiger charge is -2.15. The fourth-order valence-corrected chi connectivity index (χ4v) is 2.23. The number of ether oxygens (including phenoxy) is 1. The molecule has 0 fully saturated rings. The minimum Gasteiger partial charge on any atom is -0.453 e. The predicted molar refractivity (Wildman–Crippen MR) is 77.0 cm³/mol. The fraction of sp³-hybridized carbons (Fsp3) is 0.375. The number of hydrogen-bond donors (Lipinski definition) is 1. The minimum atomic E-state index is -1.68. The number of rotatable bonds is 5. The SMILES string of the molecule is C[C@H](OC(=O)C[C@@H]1C=CCC1)C(=O)Nc1ccc(F)c(F)c1F. The molecule has 2 atom stereocenters. The third-order valence-electron chi connectivity index (χ3n) is 3.51. The van der Waals surface area contributed by atoms with Crippen LogP contribution in [0.15, 0.2) is 24.3 Å². The molecule has 2 rings (SSSR count). The second kappa shape index (κ2) is 7.30. The maximum Gasteiger partial charge on any atom is 0.307 e. The Labute approximate surface area is 131 Å². The molecule has 7 heteroatoms. The van der Waals surface area contributed by atoms with Crippen LogP contribution in [0.5, 0.6) is 0 Å². The van der Waals surface area contributed by atoms with E-state index >= 15 is 0 Å². The number of nitrogens with one attached hydrogen (secondary N) is 1. The Bertz CT molecular complexity index is 646. The summed E-state index contributed by atoms with van der Waals surface area (Å²) in [6.45, 7) is 1.31. The Morgan fingerprint density at radius 1 is 1.30 bits per heavy atom. The monoisotopic (exact) mass is 327 g/mol.